The Kier molecular flexibility index (Phi) is 3.07. The van der Waals surface area contributed by atoms with E-state index in [0.717, 1.165) is 16.8 Å². The highest BCUT2D eigenvalue weighted by molar-refractivity contribution is 5.64. The Labute approximate surface area is 107 Å². The summed E-state index contributed by atoms with van der Waals surface area (Å²) in [5.41, 5.74) is 4.05. The minimum absolute atomic E-state index is 0.0930. The molecule has 94 valence electrons. The third kappa shape index (κ3) is 2.50. The lowest BCUT2D eigenvalue weighted by molar-refractivity contribution is 0.590. The van der Waals surface area contributed by atoms with Crippen LogP contribution in [0.3, 0.4) is 0 Å². The van der Waals surface area contributed by atoms with Gasteiger partial charge in [-0.05, 0) is 35.6 Å². The monoisotopic (exact) mass is 242 g/mol. The van der Waals surface area contributed by atoms with E-state index in [2.05, 4.69) is 48.9 Å². The molecule has 2 rings (SSSR count). The molecule has 0 atom stereocenters. The molecule has 0 aliphatic heterocycles. The number of nitrogens with one attached hydrogen (secondary N) is 1. The molecule has 0 bridgehead atoms. The summed E-state index contributed by atoms with van der Waals surface area (Å²) in [6.07, 6.45) is 1.54. The van der Waals surface area contributed by atoms with E-state index >= 15 is 0 Å². The molecule has 1 aromatic carbocycles. The first kappa shape index (κ1) is 12.6. The fourth-order valence-corrected chi connectivity index (χ4v) is 1.90. The average molecular weight is 242 g/mol. The second-order valence-electron chi connectivity index (χ2n) is 5.57. The van der Waals surface area contributed by atoms with Gasteiger partial charge in [0.25, 0.3) is 0 Å². The van der Waals surface area contributed by atoms with Gasteiger partial charge in [0.2, 0.25) is 0 Å². The molecule has 1 heterocycles. The molecule has 2 aromatic rings. The molecule has 0 aliphatic rings. The van der Waals surface area contributed by atoms with E-state index in [9.17, 15) is 4.79 Å². The van der Waals surface area contributed by atoms with Crippen molar-refractivity contribution in [3.05, 3.63) is 52.1 Å². The molecule has 0 spiro atoms. The molecule has 0 saturated carbocycles. The summed E-state index contributed by atoms with van der Waals surface area (Å²) in [5.74, 6) is 0. The third-order valence-electron chi connectivity index (χ3n) is 3.07. The highest BCUT2D eigenvalue weighted by Gasteiger charge is 2.15. The van der Waals surface area contributed by atoms with Crippen molar-refractivity contribution < 1.29 is 0 Å². The van der Waals surface area contributed by atoms with Crippen molar-refractivity contribution in [1.82, 2.24) is 9.97 Å². The molecule has 0 saturated heterocycles. The van der Waals surface area contributed by atoms with E-state index < -0.39 is 0 Å². The summed E-state index contributed by atoms with van der Waals surface area (Å²) in [5, 5.41) is 0. The van der Waals surface area contributed by atoms with Crippen molar-refractivity contribution in [1.29, 1.82) is 0 Å². The number of nitrogens with zero attached hydrogens (tertiary/aromatic N) is 1. The highest BCUT2D eigenvalue weighted by atomic mass is 16.1. The summed E-state index contributed by atoms with van der Waals surface area (Å²) in [7, 11) is 0. The summed E-state index contributed by atoms with van der Waals surface area (Å²) in [4.78, 5) is 17.7. The Bertz CT molecular complexity index is 621. The standard InChI is InChI=1S/C15H18N2O/c1-10-5-6-11(15(2,3)4)9-12(10)13-7-8-16-14(18)17-13/h5-9H,1-4H3,(H,16,17,18). The van der Waals surface area contributed by atoms with Gasteiger partial charge >= 0.3 is 5.69 Å². The predicted molar refractivity (Wildman–Crippen MR) is 73.7 cm³/mol. The van der Waals surface area contributed by atoms with E-state index in [0.29, 0.717) is 0 Å². The smallest absolute Gasteiger partial charge is 0.305 e. The maximum absolute atomic E-state index is 11.3. The van der Waals surface area contributed by atoms with E-state index in [4.69, 9.17) is 0 Å². The van der Waals surface area contributed by atoms with Crippen molar-refractivity contribution in [2.75, 3.05) is 0 Å². The number of hydrogen-bond donors (Lipinski definition) is 1. The van der Waals surface area contributed by atoms with Crippen LogP contribution < -0.4 is 5.69 Å². The van der Waals surface area contributed by atoms with Gasteiger partial charge < -0.3 is 4.98 Å². The summed E-state index contributed by atoms with van der Waals surface area (Å²) < 4.78 is 0. The topological polar surface area (TPSA) is 45.8 Å². The molecule has 0 fully saturated rings. The summed E-state index contributed by atoms with van der Waals surface area (Å²) >= 11 is 0. The van der Waals surface area contributed by atoms with Gasteiger partial charge in [-0.15, -0.1) is 0 Å². The first-order valence-corrected chi connectivity index (χ1v) is 6.05. The lowest BCUT2D eigenvalue weighted by Gasteiger charge is -2.20. The van der Waals surface area contributed by atoms with Crippen LogP contribution in [-0.4, -0.2) is 9.97 Å². The molecule has 3 heteroatoms. The van der Waals surface area contributed by atoms with Crippen LogP contribution in [0, 0.1) is 6.92 Å². The molecule has 1 N–H and O–H groups in total. The minimum atomic E-state index is -0.312. The van der Waals surface area contributed by atoms with Crippen molar-refractivity contribution in [3.8, 4) is 11.3 Å². The predicted octanol–water partition coefficient (Wildman–Crippen LogP) is 3.04. The fourth-order valence-electron chi connectivity index (χ4n) is 1.90. The van der Waals surface area contributed by atoms with Crippen molar-refractivity contribution in [3.63, 3.8) is 0 Å². The lowest BCUT2D eigenvalue weighted by atomic mass is 9.85. The first-order valence-electron chi connectivity index (χ1n) is 6.05. The Morgan fingerprint density at radius 3 is 2.50 bits per heavy atom. The van der Waals surface area contributed by atoms with E-state index in [1.807, 2.05) is 13.0 Å². The quantitative estimate of drug-likeness (QED) is 0.835. The van der Waals surface area contributed by atoms with E-state index in [1.54, 1.807) is 0 Å². The van der Waals surface area contributed by atoms with Gasteiger partial charge in [0.1, 0.15) is 0 Å². The summed E-state index contributed by atoms with van der Waals surface area (Å²) in [6, 6.07) is 8.20. The van der Waals surface area contributed by atoms with Crippen LogP contribution in [0.25, 0.3) is 11.3 Å². The zero-order valence-corrected chi connectivity index (χ0v) is 11.2. The molecular formula is C15H18N2O. The van der Waals surface area contributed by atoms with Crippen LogP contribution in [0.2, 0.25) is 0 Å². The van der Waals surface area contributed by atoms with Gasteiger partial charge in [0, 0.05) is 11.8 Å². The van der Waals surface area contributed by atoms with Crippen molar-refractivity contribution >= 4 is 0 Å². The second-order valence-corrected chi connectivity index (χ2v) is 5.57. The zero-order chi connectivity index (χ0) is 13.3. The average Bonchev–Trinajstić information content (AvgIpc) is 2.28. The van der Waals surface area contributed by atoms with Crippen molar-refractivity contribution in [2.24, 2.45) is 0 Å². The number of hydrogen-bond acceptors (Lipinski definition) is 2. The van der Waals surface area contributed by atoms with Crippen LogP contribution >= 0.6 is 0 Å². The zero-order valence-electron chi connectivity index (χ0n) is 11.2. The number of rotatable bonds is 1. The minimum Gasteiger partial charge on any atom is -0.305 e. The molecule has 1 aromatic heterocycles. The van der Waals surface area contributed by atoms with Gasteiger partial charge in [-0.1, -0.05) is 32.9 Å². The van der Waals surface area contributed by atoms with Gasteiger partial charge in [-0.3, -0.25) is 0 Å². The van der Waals surface area contributed by atoms with Crippen LogP contribution in [0.4, 0.5) is 0 Å². The Morgan fingerprint density at radius 1 is 1.17 bits per heavy atom. The maximum atomic E-state index is 11.3. The Hall–Kier alpha value is -1.90. The second kappa shape index (κ2) is 4.41. The number of aromatic amines is 1. The first-order chi connectivity index (χ1) is 8.38. The number of benzene rings is 1. The van der Waals surface area contributed by atoms with Gasteiger partial charge in [-0.2, -0.15) is 0 Å². The third-order valence-corrected chi connectivity index (χ3v) is 3.07. The molecule has 0 radical (unpaired) electrons. The van der Waals surface area contributed by atoms with Crippen molar-refractivity contribution in [2.45, 2.75) is 33.1 Å². The molecule has 0 unspecified atom stereocenters. The molecule has 0 aliphatic carbocycles. The number of aryl methyl sites for hydroxylation is 1. The SMILES string of the molecule is Cc1ccc(C(C)(C)C)cc1-c1ccnc(=O)[nH]1. The van der Waals surface area contributed by atoms with Crippen LogP contribution in [-0.2, 0) is 5.41 Å². The molecule has 0 amide bonds. The van der Waals surface area contributed by atoms with Crippen LogP contribution in [0.5, 0.6) is 0 Å². The van der Waals surface area contributed by atoms with Gasteiger partial charge in [-0.25, -0.2) is 9.78 Å². The van der Waals surface area contributed by atoms with Crippen LogP contribution in [0.15, 0.2) is 35.3 Å². The molecular weight excluding hydrogens is 224 g/mol. The molecule has 18 heavy (non-hydrogen) atoms. The van der Waals surface area contributed by atoms with E-state index in [-0.39, 0.29) is 11.1 Å². The largest absolute Gasteiger partial charge is 0.345 e. The highest BCUT2D eigenvalue weighted by Crippen LogP contribution is 2.28. The maximum Gasteiger partial charge on any atom is 0.345 e. The van der Waals surface area contributed by atoms with Gasteiger partial charge in [0.05, 0.1) is 5.69 Å². The number of H-pyrrole nitrogens is 1. The summed E-state index contributed by atoms with van der Waals surface area (Å²) in [6.45, 7) is 8.57. The fraction of sp³-hybridized carbons (Fsp3) is 0.333. The van der Waals surface area contributed by atoms with Crippen LogP contribution in [0.1, 0.15) is 31.9 Å². The normalized spacial score (nSPS) is 11.6. The Morgan fingerprint density at radius 2 is 1.89 bits per heavy atom. The molecule has 3 nitrogen and oxygen atoms in total. The lowest BCUT2D eigenvalue weighted by Crippen LogP contribution is -2.12. The van der Waals surface area contributed by atoms with Gasteiger partial charge in [0.15, 0.2) is 0 Å². The number of aromatic nitrogens is 2. The van der Waals surface area contributed by atoms with E-state index in [1.165, 1.54) is 11.8 Å². The Balaban J connectivity index is 2.60.